The molecule has 0 saturated carbocycles. The van der Waals surface area contributed by atoms with Gasteiger partial charge in [-0.2, -0.15) is 13.9 Å². The second-order valence-corrected chi connectivity index (χ2v) is 8.55. The Labute approximate surface area is 184 Å². The number of anilines is 1. The first-order valence-corrected chi connectivity index (χ1v) is 10.4. The summed E-state index contributed by atoms with van der Waals surface area (Å²) in [5.41, 5.74) is 0.959. The SMILES string of the molecule is CN(C)Cc1c(Cl)c(C(C)(F)F)nn1CC(=O)N1CCN(c2ccc(Cl)cc2)CC1. The van der Waals surface area contributed by atoms with Crippen LogP contribution < -0.4 is 4.90 Å². The summed E-state index contributed by atoms with van der Waals surface area (Å²) >= 11 is 12.1. The summed E-state index contributed by atoms with van der Waals surface area (Å²) < 4.78 is 29.1. The molecule has 0 bridgehead atoms. The van der Waals surface area contributed by atoms with Crippen LogP contribution in [0.15, 0.2) is 24.3 Å². The number of carbonyl (C=O) groups excluding carboxylic acids is 1. The Balaban J connectivity index is 1.69. The molecule has 1 amide bonds. The first kappa shape index (κ1) is 22.8. The largest absolute Gasteiger partial charge is 0.368 e. The van der Waals surface area contributed by atoms with Gasteiger partial charge in [-0.25, -0.2) is 0 Å². The minimum atomic E-state index is -3.18. The number of hydrogen-bond acceptors (Lipinski definition) is 4. The van der Waals surface area contributed by atoms with Gasteiger partial charge in [-0.05, 0) is 38.4 Å². The van der Waals surface area contributed by atoms with E-state index in [1.165, 1.54) is 4.68 Å². The van der Waals surface area contributed by atoms with Crippen molar-refractivity contribution >= 4 is 34.8 Å². The molecule has 0 N–H and O–H groups in total. The molecule has 1 aromatic heterocycles. The van der Waals surface area contributed by atoms with E-state index in [0.29, 0.717) is 43.4 Å². The van der Waals surface area contributed by atoms with Gasteiger partial charge in [0.25, 0.3) is 5.92 Å². The monoisotopic (exact) mass is 459 g/mol. The summed E-state index contributed by atoms with van der Waals surface area (Å²) in [6.07, 6.45) is 0. The number of halogens is 4. The third-order valence-corrected chi connectivity index (χ3v) is 5.63. The quantitative estimate of drug-likeness (QED) is 0.660. The first-order chi connectivity index (χ1) is 14.1. The van der Waals surface area contributed by atoms with Crippen LogP contribution in [0.3, 0.4) is 0 Å². The molecule has 1 aliphatic rings. The van der Waals surface area contributed by atoms with Crippen molar-refractivity contribution in [2.24, 2.45) is 0 Å². The minimum absolute atomic E-state index is 0.0865. The van der Waals surface area contributed by atoms with Crippen molar-refractivity contribution in [3.63, 3.8) is 0 Å². The molecule has 2 aromatic rings. The number of alkyl halides is 2. The lowest BCUT2D eigenvalue weighted by molar-refractivity contribution is -0.132. The van der Waals surface area contributed by atoms with E-state index in [2.05, 4.69) is 10.00 Å². The van der Waals surface area contributed by atoms with Crippen molar-refractivity contribution in [3.05, 3.63) is 45.7 Å². The zero-order valence-corrected chi connectivity index (χ0v) is 18.7. The number of aromatic nitrogens is 2. The average Bonchev–Trinajstić information content (AvgIpc) is 2.98. The Morgan fingerprint density at radius 2 is 1.73 bits per heavy atom. The highest BCUT2D eigenvalue weighted by atomic mass is 35.5. The smallest absolute Gasteiger partial charge is 0.290 e. The van der Waals surface area contributed by atoms with Crippen molar-refractivity contribution in [2.75, 3.05) is 45.2 Å². The van der Waals surface area contributed by atoms with Gasteiger partial charge in [0.1, 0.15) is 12.2 Å². The van der Waals surface area contributed by atoms with Gasteiger partial charge >= 0.3 is 0 Å². The van der Waals surface area contributed by atoms with Crippen molar-refractivity contribution in [1.29, 1.82) is 0 Å². The Kier molecular flexibility index (Phi) is 6.89. The molecule has 0 radical (unpaired) electrons. The number of nitrogens with zero attached hydrogens (tertiary/aromatic N) is 5. The average molecular weight is 460 g/mol. The molecular weight excluding hydrogens is 435 g/mol. The van der Waals surface area contributed by atoms with Crippen LogP contribution in [0.1, 0.15) is 18.3 Å². The maximum Gasteiger partial charge on any atom is 0.290 e. The zero-order chi connectivity index (χ0) is 22.1. The summed E-state index contributed by atoms with van der Waals surface area (Å²) in [6, 6.07) is 7.57. The maximum atomic E-state index is 13.9. The van der Waals surface area contributed by atoms with Crippen LogP contribution in [0, 0.1) is 0 Å². The second-order valence-electron chi connectivity index (χ2n) is 7.74. The van der Waals surface area contributed by atoms with E-state index in [0.717, 1.165) is 12.6 Å². The number of hydrogen-bond donors (Lipinski definition) is 0. The molecular formula is C20H25Cl2F2N5O. The molecule has 1 fully saturated rings. The van der Waals surface area contributed by atoms with Crippen LogP contribution in [-0.2, 0) is 23.8 Å². The molecule has 164 valence electrons. The van der Waals surface area contributed by atoms with Crippen molar-refractivity contribution in [2.45, 2.75) is 25.9 Å². The van der Waals surface area contributed by atoms with E-state index < -0.39 is 11.6 Å². The van der Waals surface area contributed by atoms with Crippen molar-refractivity contribution in [1.82, 2.24) is 19.6 Å². The van der Waals surface area contributed by atoms with E-state index in [1.54, 1.807) is 23.9 Å². The number of amides is 1. The molecule has 1 aliphatic heterocycles. The fourth-order valence-electron chi connectivity index (χ4n) is 3.43. The van der Waals surface area contributed by atoms with Crippen molar-refractivity contribution in [3.8, 4) is 0 Å². The summed E-state index contributed by atoms with van der Waals surface area (Å²) in [4.78, 5) is 18.6. The molecule has 1 saturated heterocycles. The fraction of sp³-hybridized carbons (Fsp3) is 0.500. The number of carbonyl (C=O) groups is 1. The van der Waals surface area contributed by atoms with Crippen LogP contribution in [-0.4, -0.2) is 65.8 Å². The molecule has 0 spiro atoms. The lowest BCUT2D eigenvalue weighted by Gasteiger charge is -2.36. The van der Waals surface area contributed by atoms with E-state index in [1.807, 2.05) is 24.3 Å². The fourth-order valence-corrected chi connectivity index (χ4v) is 3.92. The van der Waals surface area contributed by atoms with Gasteiger partial charge in [0.05, 0.1) is 10.7 Å². The van der Waals surface area contributed by atoms with Gasteiger partial charge in [-0.15, -0.1) is 0 Å². The normalized spacial score (nSPS) is 15.2. The first-order valence-electron chi connectivity index (χ1n) is 9.62. The van der Waals surface area contributed by atoms with Crippen LogP contribution in [0.4, 0.5) is 14.5 Å². The highest BCUT2D eigenvalue weighted by molar-refractivity contribution is 6.32. The Hall–Kier alpha value is -1.90. The van der Waals surface area contributed by atoms with E-state index in [-0.39, 0.29) is 17.5 Å². The number of piperazine rings is 1. The molecule has 3 rings (SSSR count). The molecule has 6 nitrogen and oxygen atoms in total. The van der Waals surface area contributed by atoms with E-state index >= 15 is 0 Å². The van der Waals surface area contributed by atoms with Gasteiger partial charge in [0.15, 0.2) is 0 Å². The molecule has 0 unspecified atom stereocenters. The molecule has 2 heterocycles. The minimum Gasteiger partial charge on any atom is -0.368 e. The Morgan fingerprint density at radius 1 is 1.13 bits per heavy atom. The highest BCUT2D eigenvalue weighted by Gasteiger charge is 2.34. The molecule has 0 aliphatic carbocycles. The van der Waals surface area contributed by atoms with Gasteiger partial charge in [0.2, 0.25) is 5.91 Å². The van der Waals surface area contributed by atoms with Gasteiger partial charge in [-0.1, -0.05) is 23.2 Å². The van der Waals surface area contributed by atoms with Crippen LogP contribution >= 0.6 is 23.2 Å². The molecule has 30 heavy (non-hydrogen) atoms. The maximum absolute atomic E-state index is 13.9. The van der Waals surface area contributed by atoms with Gasteiger partial charge < -0.3 is 14.7 Å². The second kappa shape index (κ2) is 9.08. The summed E-state index contributed by atoms with van der Waals surface area (Å²) in [5, 5.41) is 4.57. The standard InChI is InChI=1S/C20H25Cl2F2N5O/c1-20(23,24)19-18(22)16(12-26(2)3)29(25-19)13-17(30)28-10-8-27(9-11-28)15-6-4-14(21)5-7-15/h4-7H,8-13H2,1-3H3. The number of rotatable bonds is 6. The lowest BCUT2D eigenvalue weighted by atomic mass is 10.2. The molecule has 1 aromatic carbocycles. The predicted molar refractivity (Wildman–Crippen MR) is 114 cm³/mol. The topological polar surface area (TPSA) is 44.6 Å². The third-order valence-electron chi connectivity index (χ3n) is 4.98. The van der Waals surface area contributed by atoms with Gasteiger partial charge in [-0.3, -0.25) is 9.48 Å². The van der Waals surface area contributed by atoms with Crippen LogP contribution in [0.2, 0.25) is 10.0 Å². The molecule has 0 atom stereocenters. The van der Waals surface area contributed by atoms with Crippen LogP contribution in [0.25, 0.3) is 0 Å². The van der Waals surface area contributed by atoms with E-state index in [4.69, 9.17) is 23.2 Å². The highest BCUT2D eigenvalue weighted by Crippen LogP contribution is 2.34. The summed E-state index contributed by atoms with van der Waals surface area (Å²) in [7, 11) is 3.60. The van der Waals surface area contributed by atoms with Gasteiger partial charge in [0, 0.05) is 50.4 Å². The lowest BCUT2D eigenvalue weighted by Crippen LogP contribution is -2.49. The summed E-state index contributed by atoms with van der Waals surface area (Å²) in [6.45, 7) is 3.36. The summed E-state index contributed by atoms with van der Waals surface area (Å²) in [5.74, 6) is -3.35. The van der Waals surface area contributed by atoms with E-state index in [9.17, 15) is 13.6 Å². The Bertz CT molecular complexity index is 888. The third kappa shape index (κ3) is 5.22. The predicted octanol–water partition coefficient (Wildman–Crippen LogP) is 3.71. The molecule has 10 heteroatoms. The van der Waals surface area contributed by atoms with Crippen LogP contribution in [0.5, 0.6) is 0 Å². The zero-order valence-electron chi connectivity index (χ0n) is 17.2. The number of benzene rings is 1. The Morgan fingerprint density at radius 3 is 2.27 bits per heavy atom. The van der Waals surface area contributed by atoms with Crippen molar-refractivity contribution < 1.29 is 13.6 Å².